The van der Waals surface area contributed by atoms with Crippen LogP contribution in [0.2, 0.25) is 5.02 Å². The van der Waals surface area contributed by atoms with Gasteiger partial charge in [0.25, 0.3) is 11.8 Å². The fraction of sp³-hybridized carbons (Fsp3) is 0.455. The van der Waals surface area contributed by atoms with Gasteiger partial charge in [-0.05, 0) is 43.0 Å². The molecule has 0 unspecified atom stereocenters. The van der Waals surface area contributed by atoms with Crippen LogP contribution in [0.3, 0.4) is 0 Å². The molecule has 1 aliphatic heterocycles. The Bertz CT molecular complexity index is 948. The number of carbonyl (C=O) groups excluding carboxylic acids is 3. The number of ether oxygens (including phenoxy) is 1. The standard InChI is InChI=1S/C22H28ClN5O4/c1-14(2)18-13-32-19-6-5-15(23)11-16(19)21(30)24-8-3-4-10-28(12-20(29)26-18)22(31)17-7-9-25-27-17/h5-7,9,11,14,18H,3-4,8,10,12-13H2,1-2H3,(H,24,30)(H,25,27)(H,26,29)/t18-/m1/s1. The molecule has 3 rings (SSSR count). The normalized spacial score (nSPS) is 18.6. The zero-order valence-corrected chi connectivity index (χ0v) is 18.9. The molecular weight excluding hydrogens is 434 g/mol. The number of hydrogen-bond acceptors (Lipinski definition) is 5. The number of rotatable bonds is 2. The van der Waals surface area contributed by atoms with Crippen LogP contribution in [0.1, 0.15) is 47.5 Å². The highest BCUT2D eigenvalue weighted by atomic mass is 35.5. The first-order valence-electron chi connectivity index (χ1n) is 10.6. The summed E-state index contributed by atoms with van der Waals surface area (Å²) >= 11 is 6.09. The van der Waals surface area contributed by atoms with Crippen LogP contribution in [0.5, 0.6) is 5.75 Å². The molecule has 1 aromatic carbocycles. The number of aromatic nitrogens is 2. The van der Waals surface area contributed by atoms with Crippen molar-refractivity contribution in [2.24, 2.45) is 5.92 Å². The minimum Gasteiger partial charge on any atom is -0.491 e. The molecule has 0 radical (unpaired) electrons. The van der Waals surface area contributed by atoms with E-state index in [-0.39, 0.29) is 42.8 Å². The summed E-state index contributed by atoms with van der Waals surface area (Å²) in [7, 11) is 0. The van der Waals surface area contributed by atoms with Crippen LogP contribution in [-0.2, 0) is 4.79 Å². The number of carbonyl (C=O) groups is 3. The van der Waals surface area contributed by atoms with E-state index in [9.17, 15) is 14.4 Å². The third kappa shape index (κ3) is 6.23. The molecule has 1 atom stereocenters. The van der Waals surface area contributed by atoms with Gasteiger partial charge < -0.3 is 20.3 Å². The summed E-state index contributed by atoms with van der Waals surface area (Å²) in [4.78, 5) is 39.8. The van der Waals surface area contributed by atoms with Crippen molar-refractivity contribution >= 4 is 29.3 Å². The molecule has 172 valence electrons. The maximum absolute atomic E-state index is 12.8. The molecule has 0 bridgehead atoms. The summed E-state index contributed by atoms with van der Waals surface area (Å²) in [6, 6.07) is 6.13. The molecule has 2 aromatic rings. The van der Waals surface area contributed by atoms with Crippen molar-refractivity contribution in [3.8, 4) is 5.75 Å². The molecule has 32 heavy (non-hydrogen) atoms. The van der Waals surface area contributed by atoms with Crippen LogP contribution in [0.15, 0.2) is 30.5 Å². The topological polar surface area (TPSA) is 116 Å². The zero-order chi connectivity index (χ0) is 23.1. The summed E-state index contributed by atoms with van der Waals surface area (Å²) in [6.45, 7) is 4.79. The van der Waals surface area contributed by atoms with E-state index in [0.29, 0.717) is 48.0 Å². The number of benzene rings is 1. The molecule has 10 heteroatoms. The first kappa shape index (κ1) is 23.6. The largest absolute Gasteiger partial charge is 0.491 e. The van der Waals surface area contributed by atoms with Crippen molar-refractivity contribution in [1.29, 1.82) is 0 Å². The van der Waals surface area contributed by atoms with Gasteiger partial charge in [-0.25, -0.2) is 0 Å². The Morgan fingerprint density at radius 2 is 2.06 bits per heavy atom. The predicted octanol–water partition coefficient (Wildman–Crippen LogP) is 2.25. The van der Waals surface area contributed by atoms with Gasteiger partial charge in [-0.3, -0.25) is 19.5 Å². The fourth-order valence-electron chi connectivity index (χ4n) is 3.33. The maximum atomic E-state index is 12.8. The minimum atomic E-state index is -0.316. The Kier molecular flexibility index (Phi) is 8.10. The highest BCUT2D eigenvalue weighted by Crippen LogP contribution is 2.23. The second-order valence-corrected chi connectivity index (χ2v) is 8.47. The molecule has 9 nitrogen and oxygen atoms in total. The van der Waals surface area contributed by atoms with Gasteiger partial charge in [0.1, 0.15) is 18.1 Å². The summed E-state index contributed by atoms with van der Waals surface area (Å²) in [5, 5.41) is 12.7. The Hall–Kier alpha value is -3.07. The molecule has 2 heterocycles. The predicted molar refractivity (Wildman–Crippen MR) is 120 cm³/mol. The monoisotopic (exact) mass is 461 g/mol. The zero-order valence-electron chi connectivity index (χ0n) is 18.2. The number of amides is 3. The van der Waals surface area contributed by atoms with Gasteiger partial charge in [-0.15, -0.1) is 0 Å². The Morgan fingerprint density at radius 3 is 2.78 bits per heavy atom. The molecule has 3 N–H and O–H groups in total. The Labute approximate surface area is 191 Å². The van der Waals surface area contributed by atoms with Crippen LogP contribution in [-0.4, -0.2) is 65.1 Å². The number of aromatic amines is 1. The van der Waals surface area contributed by atoms with E-state index in [1.807, 2.05) is 13.8 Å². The first-order chi connectivity index (χ1) is 15.3. The van der Waals surface area contributed by atoms with E-state index in [0.717, 1.165) is 0 Å². The quantitative estimate of drug-likeness (QED) is 0.634. The second kappa shape index (κ2) is 11.0. The lowest BCUT2D eigenvalue weighted by atomic mass is 10.1. The number of nitrogens with one attached hydrogen (secondary N) is 3. The summed E-state index contributed by atoms with van der Waals surface area (Å²) in [5.41, 5.74) is 0.664. The average molecular weight is 462 g/mol. The lowest BCUT2D eigenvalue weighted by Gasteiger charge is -2.26. The smallest absolute Gasteiger partial charge is 0.272 e. The molecule has 0 saturated carbocycles. The van der Waals surface area contributed by atoms with Crippen molar-refractivity contribution < 1.29 is 19.1 Å². The van der Waals surface area contributed by atoms with Crippen molar-refractivity contribution in [1.82, 2.24) is 25.7 Å². The number of halogens is 1. The molecule has 0 aliphatic carbocycles. The summed E-state index contributed by atoms with van der Waals surface area (Å²) in [5.74, 6) is -0.396. The van der Waals surface area contributed by atoms with E-state index >= 15 is 0 Å². The van der Waals surface area contributed by atoms with E-state index in [2.05, 4.69) is 20.8 Å². The van der Waals surface area contributed by atoms with Gasteiger partial charge in [-0.1, -0.05) is 25.4 Å². The third-order valence-electron chi connectivity index (χ3n) is 5.25. The molecule has 0 saturated heterocycles. The highest BCUT2D eigenvalue weighted by Gasteiger charge is 2.24. The fourth-order valence-corrected chi connectivity index (χ4v) is 3.51. The number of nitrogens with zero attached hydrogens (tertiary/aromatic N) is 2. The van der Waals surface area contributed by atoms with Gasteiger partial charge in [0.2, 0.25) is 5.91 Å². The molecule has 1 aromatic heterocycles. The second-order valence-electron chi connectivity index (χ2n) is 8.03. The van der Waals surface area contributed by atoms with Gasteiger partial charge in [0.05, 0.1) is 18.2 Å². The van der Waals surface area contributed by atoms with Crippen molar-refractivity contribution in [2.75, 3.05) is 26.2 Å². The van der Waals surface area contributed by atoms with E-state index in [1.165, 1.54) is 11.1 Å². The lowest BCUT2D eigenvalue weighted by Crippen LogP contribution is -2.48. The summed E-state index contributed by atoms with van der Waals surface area (Å²) in [6.07, 6.45) is 2.73. The molecule has 0 spiro atoms. The average Bonchev–Trinajstić information content (AvgIpc) is 3.29. The first-order valence-corrected chi connectivity index (χ1v) is 11.0. The summed E-state index contributed by atoms with van der Waals surface area (Å²) < 4.78 is 5.92. The molecular formula is C22H28ClN5O4. The van der Waals surface area contributed by atoms with Crippen molar-refractivity contribution in [3.63, 3.8) is 0 Å². The Balaban J connectivity index is 1.81. The molecule has 0 fully saturated rings. The number of hydrogen-bond donors (Lipinski definition) is 3. The van der Waals surface area contributed by atoms with Crippen molar-refractivity contribution in [2.45, 2.75) is 32.7 Å². The van der Waals surface area contributed by atoms with Gasteiger partial charge in [0, 0.05) is 24.3 Å². The third-order valence-corrected chi connectivity index (χ3v) is 5.48. The van der Waals surface area contributed by atoms with E-state index in [1.54, 1.807) is 24.3 Å². The molecule has 3 amide bonds. The molecule has 1 aliphatic rings. The number of H-pyrrole nitrogens is 1. The van der Waals surface area contributed by atoms with Crippen LogP contribution >= 0.6 is 11.6 Å². The van der Waals surface area contributed by atoms with E-state index < -0.39 is 0 Å². The van der Waals surface area contributed by atoms with Crippen LogP contribution in [0.4, 0.5) is 0 Å². The van der Waals surface area contributed by atoms with E-state index in [4.69, 9.17) is 16.3 Å². The van der Waals surface area contributed by atoms with Crippen LogP contribution < -0.4 is 15.4 Å². The van der Waals surface area contributed by atoms with Gasteiger partial charge >= 0.3 is 0 Å². The number of fused-ring (bicyclic) bond motifs is 1. The van der Waals surface area contributed by atoms with Crippen LogP contribution in [0, 0.1) is 5.92 Å². The van der Waals surface area contributed by atoms with Crippen molar-refractivity contribution in [3.05, 3.63) is 46.7 Å². The van der Waals surface area contributed by atoms with Crippen LogP contribution in [0.25, 0.3) is 0 Å². The Morgan fingerprint density at radius 1 is 1.25 bits per heavy atom. The maximum Gasteiger partial charge on any atom is 0.272 e. The lowest BCUT2D eigenvalue weighted by molar-refractivity contribution is -0.123. The SMILES string of the molecule is CC(C)[C@H]1COc2ccc(Cl)cc2C(=O)NCCCCN(C(=O)c2ccn[nH]2)CC(=O)N1. The van der Waals surface area contributed by atoms with Gasteiger partial charge in [0.15, 0.2) is 0 Å². The van der Waals surface area contributed by atoms with Gasteiger partial charge in [-0.2, -0.15) is 5.10 Å². The highest BCUT2D eigenvalue weighted by molar-refractivity contribution is 6.31. The minimum absolute atomic E-state index is 0.0657.